The van der Waals surface area contributed by atoms with Crippen molar-refractivity contribution in [2.45, 2.75) is 46.6 Å². The van der Waals surface area contributed by atoms with Crippen molar-refractivity contribution in [3.8, 4) is 0 Å². The molecule has 0 aliphatic rings. The first-order valence-corrected chi connectivity index (χ1v) is 7.23. The molecule has 1 nitrogen and oxygen atoms in total. The van der Waals surface area contributed by atoms with Crippen LogP contribution in [-0.4, -0.2) is 12.6 Å². The van der Waals surface area contributed by atoms with Crippen molar-refractivity contribution >= 4 is 23.2 Å². The fraction of sp³-hybridized carbons (Fsp3) is 0.600. The van der Waals surface area contributed by atoms with E-state index in [4.69, 9.17) is 23.2 Å². The van der Waals surface area contributed by atoms with E-state index < -0.39 is 0 Å². The van der Waals surface area contributed by atoms with E-state index in [0.717, 1.165) is 24.4 Å². The third kappa shape index (κ3) is 5.60. The van der Waals surface area contributed by atoms with Crippen LogP contribution in [0.1, 0.15) is 39.7 Å². The van der Waals surface area contributed by atoms with Gasteiger partial charge in [0.2, 0.25) is 0 Å². The predicted octanol–water partition coefficient (Wildman–Crippen LogP) is 4.95. The van der Waals surface area contributed by atoms with E-state index in [1.807, 2.05) is 18.2 Å². The number of nitrogens with one attached hydrogen (secondary N) is 1. The van der Waals surface area contributed by atoms with Gasteiger partial charge >= 0.3 is 0 Å². The molecule has 1 rings (SSSR count). The highest BCUT2D eigenvalue weighted by molar-refractivity contribution is 6.35. The molecule has 1 aromatic carbocycles. The van der Waals surface area contributed by atoms with Crippen molar-refractivity contribution in [1.29, 1.82) is 0 Å². The van der Waals surface area contributed by atoms with Crippen LogP contribution in [0.2, 0.25) is 10.0 Å². The Morgan fingerprint density at radius 2 is 1.89 bits per heavy atom. The fourth-order valence-corrected chi connectivity index (χ4v) is 2.27. The quantitative estimate of drug-likeness (QED) is 0.781. The van der Waals surface area contributed by atoms with Crippen LogP contribution in [0.4, 0.5) is 0 Å². The lowest BCUT2D eigenvalue weighted by molar-refractivity contribution is 0.304. The molecule has 0 saturated carbocycles. The van der Waals surface area contributed by atoms with Crippen LogP contribution in [0.15, 0.2) is 18.2 Å². The van der Waals surface area contributed by atoms with Crippen LogP contribution in [0.3, 0.4) is 0 Å². The Labute approximate surface area is 121 Å². The molecule has 0 radical (unpaired) electrons. The van der Waals surface area contributed by atoms with Crippen molar-refractivity contribution in [2.75, 3.05) is 6.54 Å². The molecular formula is C15H23Cl2N. The first-order chi connectivity index (χ1) is 8.30. The molecule has 0 spiro atoms. The van der Waals surface area contributed by atoms with Crippen molar-refractivity contribution < 1.29 is 0 Å². The summed E-state index contributed by atoms with van der Waals surface area (Å²) < 4.78 is 0. The van der Waals surface area contributed by atoms with Gasteiger partial charge in [-0.15, -0.1) is 0 Å². The molecule has 0 aliphatic heterocycles. The lowest BCUT2D eigenvalue weighted by Crippen LogP contribution is -2.34. The fourth-order valence-electron chi connectivity index (χ4n) is 1.77. The Morgan fingerprint density at radius 1 is 1.22 bits per heavy atom. The Balaban J connectivity index is 2.53. The van der Waals surface area contributed by atoms with Gasteiger partial charge in [0.1, 0.15) is 0 Å². The summed E-state index contributed by atoms with van der Waals surface area (Å²) in [6, 6.07) is 6.28. The molecule has 0 unspecified atom stereocenters. The summed E-state index contributed by atoms with van der Waals surface area (Å²) >= 11 is 12.1. The average molecular weight is 288 g/mol. The lowest BCUT2D eigenvalue weighted by Gasteiger charge is -2.26. The number of rotatable bonds is 6. The van der Waals surface area contributed by atoms with Crippen molar-refractivity contribution in [3.05, 3.63) is 33.8 Å². The first-order valence-electron chi connectivity index (χ1n) is 6.47. The molecule has 1 aromatic rings. The molecule has 0 atom stereocenters. The molecule has 0 aromatic heterocycles. The predicted molar refractivity (Wildman–Crippen MR) is 81.7 cm³/mol. The number of hydrogen-bond acceptors (Lipinski definition) is 1. The van der Waals surface area contributed by atoms with E-state index in [9.17, 15) is 0 Å². The third-order valence-electron chi connectivity index (χ3n) is 3.08. The highest BCUT2D eigenvalue weighted by atomic mass is 35.5. The summed E-state index contributed by atoms with van der Waals surface area (Å²) in [5, 5.41) is 4.96. The third-order valence-corrected chi connectivity index (χ3v) is 3.66. The van der Waals surface area contributed by atoms with Gasteiger partial charge in [-0.1, -0.05) is 57.0 Å². The standard InChI is InChI=1S/C15H23Cl2N/c1-11(2)18-10-15(3,4)8-7-12-5-6-13(16)9-14(12)17/h5-6,9,11,18H,7-8,10H2,1-4H3. The second-order valence-corrected chi connectivity index (χ2v) is 6.78. The van der Waals surface area contributed by atoms with Crippen LogP contribution < -0.4 is 5.32 Å². The largest absolute Gasteiger partial charge is 0.314 e. The maximum absolute atomic E-state index is 6.19. The van der Waals surface area contributed by atoms with Gasteiger partial charge in [-0.2, -0.15) is 0 Å². The minimum atomic E-state index is 0.271. The maximum Gasteiger partial charge on any atom is 0.0452 e. The minimum Gasteiger partial charge on any atom is -0.314 e. The van der Waals surface area contributed by atoms with Crippen molar-refractivity contribution in [1.82, 2.24) is 5.32 Å². The zero-order valence-corrected chi connectivity index (χ0v) is 13.2. The Kier molecular flexibility index (Phi) is 5.97. The van der Waals surface area contributed by atoms with Gasteiger partial charge in [-0.05, 0) is 36.0 Å². The topological polar surface area (TPSA) is 12.0 Å². The van der Waals surface area contributed by atoms with Gasteiger partial charge in [-0.3, -0.25) is 0 Å². The highest BCUT2D eigenvalue weighted by Gasteiger charge is 2.18. The summed E-state index contributed by atoms with van der Waals surface area (Å²) in [6.45, 7) is 9.94. The van der Waals surface area contributed by atoms with E-state index in [2.05, 4.69) is 33.0 Å². The second kappa shape index (κ2) is 6.79. The van der Waals surface area contributed by atoms with Crippen LogP contribution in [0.5, 0.6) is 0 Å². The van der Waals surface area contributed by atoms with Crippen LogP contribution in [-0.2, 0) is 6.42 Å². The zero-order chi connectivity index (χ0) is 13.8. The lowest BCUT2D eigenvalue weighted by atomic mass is 9.86. The van der Waals surface area contributed by atoms with Gasteiger partial charge in [-0.25, -0.2) is 0 Å². The van der Waals surface area contributed by atoms with Gasteiger partial charge in [0.25, 0.3) is 0 Å². The van der Waals surface area contributed by atoms with E-state index in [-0.39, 0.29) is 5.41 Å². The minimum absolute atomic E-state index is 0.271. The first kappa shape index (κ1) is 15.8. The van der Waals surface area contributed by atoms with Crippen LogP contribution >= 0.6 is 23.2 Å². The molecule has 102 valence electrons. The molecular weight excluding hydrogens is 265 g/mol. The van der Waals surface area contributed by atoms with E-state index >= 15 is 0 Å². The van der Waals surface area contributed by atoms with E-state index in [1.165, 1.54) is 5.56 Å². The summed E-state index contributed by atoms with van der Waals surface area (Å²) in [6.07, 6.45) is 2.09. The molecule has 0 aliphatic carbocycles. The number of halogens is 2. The monoisotopic (exact) mass is 287 g/mol. The van der Waals surface area contributed by atoms with Crippen LogP contribution in [0.25, 0.3) is 0 Å². The Hall–Kier alpha value is -0.240. The zero-order valence-electron chi connectivity index (χ0n) is 11.7. The molecule has 1 N–H and O–H groups in total. The number of benzene rings is 1. The van der Waals surface area contributed by atoms with Gasteiger partial charge in [0, 0.05) is 22.6 Å². The van der Waals surface area contributed by atoms with Crippen molar-refractivity contribution in [3.63, 3.8) is 0 Å². The normalized spacial score (nSPS) is 12.2. The molecule has 0 fully saturated rings. The molecule has 18 heavy (non-hydrogen) atoms. The molecule has 0 amide bonds. The summed E-state index contributed by atoms with van der Waals surface area (Å²) in [4.78, 5) is 0. The van der Waals surface area contributed by atoms with E-state index in [1.54, 1.807) is 0 Å². The summed E-state index contributed by atoms with van der Waals surface area (Å²) in [7, 11) is 0. The SMILES string of the molecule is CC(C)NCC(C)(C)CCc1ccc(Cl)cc1Cl. The van der Waals surface area contributed by atoms with Gasteiger partial charge in [0.05, 0.1) is 0 Å². The van der Waals surface area contributed by atoms with Gasteiger partial charge in [0.15, 0.2) is 0 Å². The van der Waals surface area contributed by atoms with Crippen LogP contribution in [0, 0.1) is 5.41 Å². The molecule has 0 heterocycles. The summed E-state index contributed by atoms with van der Waals surface area (Å²) in [5.41, 5.74) is 1.45. The summed E-state index contributed by atoms with van der Waals surface area (Å²) in [5.74, 6) is 0. The second-order valence-electron chi connectivity index (χ2n) is 5.94. The van der Waals surface area contributed by atoms with Gasteiger partial charge < -0.3 is 5.32 Å². The number of hydrogen-bond donors (Lipinski definition) is 1. The number of aryl methyl sites for hydroxylation is 1. The maximum atomic E-state index is 6.19. The Morgan fingerprint density at radius 3 is 2.44 bits per heavy atom. The molecule has 0 bridgehead atoms. The Bertz CT molecular complexity index is 386. The smallest absolute Gasteiger partial charge is 0.0452 e. The average Bonchev–Trinajstić information content (AvgIpc) is 2.25. The highest BCUT2D eigenvalue weighted by Crippen LogP contribution is 2.27. The van der Waals surface area contributed by atoms with Crippen molar-refractivity contribution in [2.24, 2.45) is 5.41 Å². The molecule has 3 heteroatoms. The molecule has 0 saturated heterocycles. The van der Waals surface area contributed by atoms with E-state index in [0.29, 0.717) is 11.1 Å².